The monoisotopic (exact) mass is 348 g/mol. The second-order valence-electron chi connectivity index (χ2n) is 6.48. The van der Waals surface area contributed by atoms with Crippen LogP contribution in [0.5, 0.6) is 0 Å². The number of urea groups is 1. The van der Waals surface area contributed by atoms with E-state index in [1.54, 1.807) is 18.9 Å². The van der Waals surface area contributed by atoms with Crippen molar-refractivity contribution in [1.82, 2.24) is 20.4 Å². The third-order valence-corrected chi connectivity index (χ3v) is 4.57. The zero-order valence-electron chi connectivity index (χ0n) is 15.2. The van der Waals surface area contributed by atoms with E-state index in [0.29, 0.717) is 24.7 Å². The molecule has 1 aliphatic heterocycles. The van der Waals surface area contributed by atoms with E-state index in [0.717, 1.165) is 17.1 Å². The predicted molar refractivity (Wildman–Crippen MR) is 89.0 cm³/mol. The predicted octanol–water partition coefficient (Wildman–Crippen LogP) is 2.82. The Balaban J connectivity index is 1.75. The fourth-order valence-electron chi connectivity index (χ4n) is 3.30. The molecule has 1 saturated heterocycles. The Bertz CT molecular complexity index is 754. The zero-order valence-corrected chi connectivity index (χ0v) is 15.2. The molecule has 3 rings (SSSR count). The van der Waals surface area contributed by atoms with E-state index in [1.807, 2.05) is 26.8 Å². The number of likely N-dealkylation sites (tertiary alicyclic amines) is 1. The van der Waals surface area contributed by atoms with Gasteiger partial charge in [-0.25, -0.2) is 4.79 Å². The quantitative estimate of drug-likeness (QED) is 0.913. The van der Waals surface area contributed by atoms with Crippen LogP contribution in [-0.2, 0) is 4.74 Å². The molecule has 8 nitrogen and oxygen atoms in total. The number of carbonyl (C=O) groups is 1. The van der Waals surface area contributed by atoms with Crippen LogP contribution in [0.2, 0.25) is 0 Å². The molecule has 3 atom stereocenters. The molecule has 0 spiro atoms. The summed E-state index contributed by atoms with van der Waals surface area (Å²) < 4.78 is 16.3. The topological polar surface area (TPSA) is 93.6 Å². The standard InChI is InChI=1S/C17H24N4O4/c1-9-6-14(11(3)24-9)10(2)18-17(22)21-8-13(23-5)7-15(21)16-19-12(4)20-25-16/h6,10,13,15H,7-8H2,1-5H3,(H,18,22)/t10?,13-,15+/m0/s1. The van der Waals surface area contributed by atoms with Crippen LogP contribution in [0, 0.1) is 20.8 Å². The van der Waals surface area contributed by atoms with Gasteiger partial charge in [-0.15, -0.1) is 0 Å². The van der Waals surface area contributed by atoms with Crippen LogP contribution < -0.4 is 5.32 Å². The first-order chi connectivity index (χ1) is 11.9. The van der Waals surface area contributed by atoms with Crippen molar-refractivity contribution in [2.75, 3.05) is 13.7 Å². The van der Waals surface area contributed by atoms with Gasteiger partial charge < -0.3 is 23.9 Å². The van der Waals surface area contributed by atoms with Gasteiger partial charge in [0, 0.05) is 25.6 Å². The maximum Gasteiger partial charge on any atom is 0.318 e. The molecule has 3 heterocycles. The molecule has 136 valence electrons. The van der Waals surface area contributed by atoms with E-state index >= 15 is 0 Å². The number of nitrogens with one attached hydrogen (secondary N) is 1. The lowest BCUT2D eigenvalue weighted by Crippen LogP contribution is -2.41. The number of rotatable bonds is 4. The molecule has 0 aromatic carbocycles. The average Bonchev–Trinajstić information content (AvgIpc) is 3.25. The molecular formula is C17H24N4O4. The normalized spacial score (nSPS) is 21.6. The highest BCUT2D eigenvalue weighted by Crippen LogP contribution is 2.33. The van der Waals surface area contributed by atoms with Gasteiger partial charge in [-0.3, -0.25) is 0 Å². The lowest BCUT2D eigenvalue weighted by atomic mass is 10.1. The molecule has 2 aromatic rings. The van der Waals surface area contributed by atoms with Crippen molar-refractivity contribution >= 4 is 6.03 Å². The average molecular weight is 348 g/mol. The number of hydrogen-bond acceptors (Lipinski definition) is 6. The molecule has 0 saturated carbocycles. The minimum absolute atomic E-state index is 0.0591. The third kappa shape index (κ3) is 3.53. The Morgan fingerprint density at radius 3 is 2.76 bits per heavy atom. The number of methoxy groups -OCH3 is 1. The molecule has 1 unspecified atom stereocenters. The molecule has 1 N–H and O–H groups in total. The fourth-order valence-corrected chi connectivity index (χ4v) is 3.30. The minimum atomic E-state index is -0.287. The number of aromatic nitrogens is 2. The third-order valence-electron chi connectivity index (χ3n) is 4.57. The van der Waals surface area contributed by atoms with Crippen LogP contribution in [0.25, 0.3) is 0 Å². The summed E-state index contributed by atoms with van der Waals surface area (Å²) in [5, 5.41) is 6.86. The number of furan rings is 1. The second-order valence-corrected chi connectivity index (χ2v) is 6.48. The molecular weight excluding hydrogens is 324 g/mol. The SMILES string of the molecule is CO[C@H]1C[C@H](c2nc(C)no2)N(C(=O)NC(C)c2cc(C)oc2C)C1. The van der Waals surface area contributed by atoms with Crippen molar-refractivity contribution in [2.45, 2.75) is 52.3 Å². The van der Waals surface area contributed by atoms with Gasteiger partial charge >= 0.3 is 6.03 Å². The molecule has 1 aliphatic rings. The summed E-state index contributed by atoms with van der Waals surface area (Å²) in [5.74, 6) is 2.63. The van der Waals surface area contributed by atoms with E-state index in [1.165, 1.54) is 0 Å². The van der Waals surface area contributed by atoms with Crippen LogP contribution in [0.3, 0.4) is 0 Å². The van der Waals surface area contributed by atoms with Crippen molar-refractivity contribution in [1.29, 1.82) is 0 Å². The van der Waals surface area contributed by atoms with Gasteiger partial charge in [0.1, 0.15) is 17.6 Å². The molecule has 0 radical (unpaired) electrons. The maximum atomic E-state index is 12.8. The Kier molecular flexibility index (Phi) is 4.80. The lowest BCUT2D eigenvalue weighted by molar-refractivity contribution is 0.110. The highest BCUT2D eigenvalue weighted by Gasteiger charge is 2.40. The Labute approximate surface area is 146 Å². The summed E-state index contributed by atoms with van der Waals surface area (Å²) in [6, 6.07) is 1.30. The number of aryl methyl sites for hydroxylation is 3. The van der Waals surface area contributed by atoms with Crippen LogP contribution in [0.15, 0.2) is 15.0 Å². The van der Waals surface area contributed by atoms with E-state index < -0.39 is 0 Å². The maximum absolute atomic E-state index is 12.8. The number of carbonyl (C=O) groups excluding carboxylic acids is 1. The molecule has 1 fully saturated rings. The first-order valence-electron chi connectivity index (χ1n) is 8.36. The van der Waals surface area contributed by atoms with Crippen LogP contribution in [-0.4, -0.2) is 40.8 Å². The first-order valence-corrected chi connectivity index (χ1v) is 8.36. The molecule has 0 aliphatic carbocycles. The largest absolute Gasteiger partial charge is 0.466 e. The summed E-state index contributed by atoms with van der Waals surface area (Å²) in [5.41, 5.74) is 0.971. The summed E-state index contributed by atoms with van der Waals surface area (Å²) in [6.45, 7) is 7.95. The number of ether oxygens (including phenoxy) is 1. The molecule has 0 bridgehead atoms. The van der Waals surface area contributed by atoms with Gasteiger partial charge in [0.05, 0.1) is 12.1 Å². The Hall–Kier alpha value is -2.35. The fraction of sp³-hybridized carbons (Fsp3) is 0.588. The van der Waals surface area contributed by atoms with E-state index in [4.69, 9.17) is 13.7 Å². The van der Waals surface area contributed by atoms with Gasteiger partial charge in [0.2, 0.25) is 5.89 Å². The van der Waals surface area contributed by atoms with Gasteiger partial charge in [-0.05, 0) is 33.8 Å². The van der Waals surface area contributed by atoms with Gasteiger partial charge in [0.15, 0.2) is 5.82 Å². The summed E-state index contributed by atoms with van der Waals surface area (Å²) in [4.78, 5) is 18.8. The highest BCUT2D eigenvalue weighted by molar-refractivity contribution is 5.75. The minimum Gasteiger partial charge on any atom is -0.466 e. The van der Waals surface area contributed by atoms with E-state index in [9.17, 15) is 4.79 Å². The highest BCUT2D eigenvalue weighted by atomic mass is 16.5. The van der Waals surface area contributed by atoms with Crippen molar-refractivity contribution in [3.63, 3.8) is 0 Å². The van der Waals surface area contributed by atoms with Crippen LogP contribution in [0.4, 0.5) is 4.79 Å². The first kappa shape index (κ1) is 17.5. The van der Waals surface area contributed by atoms with Crippen molar-refractivity contribution in [3.8, 4) is 0 Å². The molecule has 8 heteroatoms. The lowest BCUT2D eigenvalue weighted by Gasteiger charge is -2.24. The van der Waals surface area contributed by atoms with Gasteiger partial charge in [-0.1, -0.05) is 5.16 Å². The van der Waals surface area contributed by atoms with E-state index in [-0.39, 0.29) is 24.2 Å². The molecule has 2 amide bonds. The Morgan fingerprint density at radius 1 is 1.44 bits per heavy atom. The van der Waals surface area contributed by atoms with Crippen molar-refractivity contribution in [2.24, 2.45) is 0 Å². The molecule has 25 heavy (non-hydrogen) atoms. The number of nitrogens with zero attached hydrogens (tertiary/aromatic N) is 3. The number of amides is 2. The van der Waals surface area contributed by atoms with Crippen molar-refractivity contribution < 1.29 is 18.5 Å². The van der Waals surface area contributed by atoms with Gasteiger partial charge in [0.25, 0.3) is 0 Å². The number of hydrogen-bond donors (Lipinski definition) is 1. The van der Waals surface area contributed by atoms with Crippen LogP contribution >= 0.6 is 0 Å². The smallest absolute Gasteiger partial charge is 0.318 e. The molecule has 2 aromatic heterocycles. The van der Waals surface area contributed by atoms with E-state index in [2.05, 4.69) is 15.5 Å². The second kappa shape index (κ2) is 6.87. The summed E-state index contributed by atoms with van der Waals surface area (Å²) >= 11 is 0. The zero-order chi connectivity index (χ0) is 18.1. The summed E-state index contributed by atoms with van der Waals surface area (Å²) in [7, 11) is 1.64. The van der Waals surface area contributed by atoms with Gasteiger partial charge in [-0.2, -0.15) is 4.98 Å². The Morgan fingerprint density at radius 2 is 2.20 bits per heavy atom. The van der Waals surface area contributed by atoms with Crippen LogP contribution in [0.1, 0.15) is 54.2 Å². The summed E-state index contributed by atoms with van der Waals surface area (Å²) in [6.07, 6.45) is 0.570. The van der Waals surface area contributed by atoms with Crippen molar-refractivity contribution in [3.05, 3.63) is 34.9 Å².